The lowest BCUT2D eigenvalue weighted by Crippen LogP contribution is -2.07. The van der Waals surface area contributed by atoms with Gasteiger partial charge in [0.15, 0.2) is 0 Å². The third kappa shape index (κ3) is 2.66. The number of esters is 1. The summed E-state index contributed by atoms with van der Waals surface area (Å²) in [4.78, 5) is 11.4. The van der Waals surface area contributed by atoms with E-state index in [0.717, 1.165) is 17.7 Å². The summed E-state index contributed by atoms with van der Waals surface area (Å²) >= 11 is 0. The van der Waals surface area contributed by atoms with Gasteiger partial charge in [0.1, 0.15) is 0 Å². The Kier molecular flexibility index (Phi) is 3.32. The van der Waals surface area contributed by atoms with Gasteiger partial charge in [0.25, 0.3) is 0 Å². The van der Waals surface area contributed by atoms with Crippen molar-refractivity contribution in [3.05, 3.63) is 35.4 Å². The van der Waals surface area contributed by atoms with Crippen molar-refractivity contribution < 1.29 is 22.7 Å². The number of carbonyl (C=O) groups is 1. The third-order valence-electron chi connectivity index (χ3n) is 3.05. The number of alkyl halides is 3. The Morgan fingerprint density at radius 2 is 1.94 bits per heavy atom. The molecule has 1 aliphatic carbocycles. The molecule has 0 spiro atoms. The largest absolute Gasteiger partial charge is 0.466 e. The molecule has 0 saturated heterocycles. The summed E-state index contributed by atoms with van der Waals surface area (Å²) in [5, 5.41) is 0. The van der Waals surface area contributed by atoms with Crippen LogP contribution in [0, 0.1) is 5.92 Å². The minimum atomic E-state index is -4.32. The maximum atomic E-state index is 12.4. The lowest BCUT2D eigenvalue weighted by molar-refractivity contribution is -0.144. The van der Waals surface area contributed by atoms with Gasteiger partial charge in [0, 0.05) is 0 Å². The highest BCUT2D eigenvalue weighted by molar-refractivity contribution is 5.77. The van der Waals surface area contributed by atoms with Crippen LogP contribution in [0.5, 0.6) is 0 Å². The molecule has 2 unspecified atom stereocenters. The van der Waals surface area contributed by atoms with E-state index >= 15 is 0 Å². The molecule has 0 aliphatic heterocycles. The highest BCUT2D eigenvalue weighted by Gasteiger charge is 2.45. The second-order valence-corrected chi connectivity index (χ2v) is 4.32. The van der Waals surface area contributed by atoms with E-state index in [1.807, 2.05) is 0 Å². The van der Waals surface area contributed by atoms with Crippen molar-refractivity contribution in [1.82, 2.24) is 0 Å². The summed E-state index contributed by atoms with van der Waals surface area (Å²) in [6, 6.07) is 4.98. The Bertz CT molecular complexity index is 437. The number of carbonyl (C=O) groups excluding carboxylic acids is 1. The minimum Gasteiger partial charge on any atom is -0.466 e. The van der Waals surface area contributed by atoms with E-state index in [-0.39, 0.29) is 17.8 Å². The zero-order valence-electron chi connectivity index (χ0n) is 9.83. The monoisotopic (exact) mass is 258 g/mol. The Labute approximate surface area is 103 Å². The summed E-state index contributed by atoms with van der Waals surface area (Å²) in [6.07, 6.45) is -3.66. The lowest BCUT2D eigenvalue weighted by atomic mass is 10.1. The van der Waals surface area contributed by atoms with Crippen molar-refractivity contribution in [2.24, 2.45) is 5.92 Å². The number of ether oxygens (including phenoxy) is 1. The van der Waals surface area contributed by atoms with Gasteiger partial charge in [-0.15, -0.1) is 0 Å². The molecule has 1 aromatic rings. The van der Waals surface area contributed by atoms with E-state index in [2.05, 4.69) is 0 Å². The number of benzene rings is 1. The molecule has 1 aromatic carbocycles. The smallest absolute Gasteiger partial charge is 0.416 e. The molecule has 18 heavy (non-hydrogen) atoms. The molecule has 0 radical (unpaired) electrons. The SMILES string of the molecule is CCOC(=O)C1CC1c1ccc(C(F)(F)F)cc1. The topological polar surface area (TPSA) is 26.3 Å². The number of halogens is 3. The molecule has 0 aromatic heterocycles. The molecule has 2 nitrogen and oxygen atoms in total. The van der Waals surface area contributed by atoms with Gasteiger partial charge in [-0.2, -0.15) is 13.2 Å². The third-order valence-corrected chi connectivity index (χ3v) is 3.05. The normalized spacial score (nSPS) is 22.7. The van der Waals surface area contributed by atoms with Crippen LogP contribution >= 0.6 is 0 Å². The minimum absolute atomic E-state index is 0.00586. The summed E-state index contributed by atoms with van der Waals surface area (Å²) in [5.41, 5.74) is 0.0978. The molecular weight excluding hydrogens is 245 g/mol. The van der Waals surface area contributed by atoms with Crippen molar-refractivity contribution in [2.75, 3.05) is 6.61 Å². The van der Waals surface area contributed by atoms with Crippen LogP contribution in [0.4, 0.5) is 13.2 Å². The fourth-order valence-corrected chi connectivity index (χ4v) is 1.99. The molecule has 1 aliphatic rings. The van der Waals surface area contributed by atoms with Crippen LogP contribution < -0.4 is 0 Å². The Balaban J connectivity index is 2.03. The molecular formula is C13H13F3O2. The average molecular weight is 258 g/mol. The fourth-order valence-electron chi connectivity index (χ4n) is 1.99. The van der Waals surface area contributed by atoms with Crippen LogP contribution in [0.25, 0.3) is 0 Å². The van der Waals surface area contributed by atoms with Gasteiger partial charge in [-0.25, -0.2) is 0 Å². The van der Waals surface area contributed by atoms with Crippen LogP contribution in [0.3, 0.4) is 0 Å². The summed E-state index contributed by atoms with van der Waals surface area (Å²) in [7, 11) is 0. The zero-order valence-corrected chi connectivity index (χ0v) is 9.83. The molecule has 1 fully saturated rings. The van der Waals surface area contributed by atoms with Crippen molar-refractivity contribution >= 4 is 5.97 Å². The molecule has 98 valence electrons. The van der Waals surface area contributed by atoms with E-state index < -0.39 is 11.7 Å². The molecule has 0 N–H and O–H groups in total. The van der Waals surface area contributed by atoms with Gasteiger partial charge >= 0.3 is 12.1 Å². The molecule has 2 rings (SSSR count). The highest BCUT2D eigenvalue weighted by atomic mass is 19.4. The molecule has 0 amide bonds. The molecule has 5 heteroatoms. The number of rotatable bonds is 3. The molecule has 2 atom stereocenters. The van der Waals surface area contributed by atoms with Gasteiger partial charge in [-0.3, -0.25) is 4.79 Å². The van der Waals surface area contributed by atoms with E-state index in [9.17, 15) is 18.0 Å². The van der Waals surface area contributed by atoms with Gasteiger partial charge in [0.05, 0.1) is 18.1 Å². The van der Waals surface area contributed by atoms with Crippen LogP contribution in [-0.2, 0) is 15.7 Å². The van der Waals surface area contributed by atoms with Gasteiger partial charge in [-0.05, 0) is 37.0 Å². The zero-order chi connectivity index (χ0) is 13.3. The van der Waals surface area contributed by atoms with Crippen molar-refractivity contribution in [1.29, 1.82) is 0 Å². The first-order valence-corrected chi connectivity index (χ1v) is 5.77. The van der Waals surface area contributed by atoms with Crippen molar-refractivity contribution in [3.8, 4) is 0 Å². The first-order valence-electron chi connectivity index (χ1n) is 5.77. The maximum Gasteiger partial charge on any atom is 0.416 e. The number of hydrogen-bond acceptors (Lipinski definition) is 2. The van der Waals surface area contributed by atoms with E-state index in [1.165, 1.54) is 12.1 Å². The standard InChI is InChI=1S/C13H13F3O2/c1-2-18-12(17)11-7-10(11)8-3-5-9(6-4-8)13(14,15)16/h3-6,10-11H,2,7H2,1H3. The van der Waals surface area contributed by atoms with Gasteiger partial charge in [0.2, 0.25) is 0 Å². The summed E-state index contributed by atoms with van der Waals surface area (Å²) < 4.78 is 42.0. The van der Waals surface area contributed by atoms with Crippen molar-refractivity contribution in [2.45, 2.75) is 25.4 Å². The van der Waals surface area contributed by atoms with Crippen LogP contribution in [0.1, 0.15) is 30.4 Å². The van der Waals surface area contributed by atoms with Crippen molar-refractivity contribution in [3.63, 3.8) is 0 Å². The van der Waals surface area contributed by atoms with E-state index in [1.54, 1.807) is 6.92 Å². The van der Waals surface area contributed by atoms with Gasteiger partial charge in [-0.1, -0.05) is 12.1 Å². The first-order chi connectivity index (χ1) is 8.43. The number of hydrogen-bond donors (Lipinski definition) is 0. The Morgan fingerprint density at radius 1 is 1.33 bits per heavy atom. The molecule has 1 saturated carbocycles. The molecule has 0 heterocycles. The fraction of sp³-hybridized carbons (Fsp3) is 0.462. The van der Waals surface area contributed by atoms with Crippen LogP contribution in [0.15, 0.2) is 24.3 Å². The Hall–Kier alpha value is -1.52. The summed E-state index contributed by atoms with van der Waals surface area (Å²) in [6.45, 7) is 2.06. The maximum absolute atomic E-state index is 12.4. The Morgan fingerprint density at radius 3 is 2.44 bits per heavy atom. The predicted octanol–water partition coefficient (Wildman–Crippen LogP) is 3.37. The van der Waals surface area contributed by atoms with E-state index in [4.69, 9.17) is 4.74 Å². The molecule has 0 bridgehead atoms. The van der Waals surface area contributed by atoms with Crippen LogP contribution in [-0.4, -0.2) is 12.6 Å². The summed E-state index contributed by atoms with van der Waals surface area (Å²) in [5.74, 6) is -0.449. The average Bonchev–Trinajstić information content (AvgIpc) is 3.08. The van der Waals surface area contributed by atoms with E-state index in [0.29, 0.717) is 13.0 Å². The van der Waals surface area contributed by atoms with Crippen LogP contribution in [0.2, 0.25) is 0 Å². The lowest BCUT2D eigenvalue weighted by Gasteiger charge is -2.07. The quantitative estimate of drug-likeness (QED) is 0.777. The second kappa shape index (κ2) is 4.63. The second-order valence-electron chi connectivity index (χ2n) is 4.32. The highest BCUT2D eigenvalue weighted by Crippen LogP contribution is 2.48. The first kappa shape index (κ1) is 12.9. The van der Waals surface area contributed by atoms with Gasteiger partial charge < -0.3 is 4.74 Å². The predicted molar refractivity (Wildman–Crippen MR) is 58.9 cm³/mol.